The average Bonchev–Trinajstić information content (AvgIpc) is 3.62. The first-order valence-corrected chi connectivity index (χ1v) is 13.2. The van der Waals surface area contributed by atoms with Gasteiger partial charge in [-0.05, 0) is 47.4 Å². The number of primary amides is 1. The third-order valence-corrected chi connectivity index (χ3v) is 8.20. The standard InChI is InChI=1S/C29H27F3N4O6/c1-13-8-17(23(28(33)40)16-5-3-2-4-15(13)16)18-6-7-41-29(18)27(39)25(26(38)22(12-37)42-29)36-11-21(34-35-36)14-9-19(30)24(32)20(31)10-14/h2-5,8-11,18,22,25-27,37-39H,6-7,12H2,1H3,(H2,33,40)/t18-,22-,25+,26+,27-,29+/m1/s1. The molecule has 220 valence electrons. The maximum atomic E-state index is 13.9. The molecule has 4 aromatic rings. The first kappa shape index (κ1) is 28.2. The molecule has 13 heteroatoms. The topological polar surface area (TPSA) is 153 Å². The van der Waals surface area contributed by atoms with Gasteiger partial charge in [0.15, 0.2) is 17.5 Å². The number of hydrogen-bond donors (Lipinski definition) is 4. The van der Waals surface area contributed by atoms with Crippen molar-refractivity contribution < 1.29 is 42.8 Å². The molecule has 1 aromatic heterocycles. The molecule has 2 aliphatic rings. The van der Waals surface area contributed by atoms with Crippen LogP contribution in [0.4, 0.5) is 13.2 Å². The molecule has 0 unspecified atom stereocenters. The molecule has 6 rings (SSSR count). The SMILES string of the molecule is Cc1cc([C@H]2CCO[C@]23O[C@H](CO)[C@H](O)[C@H](n2cc(-c4cc(F)c(F)c(F)c4)nn2)[C@H]3O)c(C(N)=O)c2ccccc12. The van der Waals surface area contributed by atoms with Crippen molar-refractivity contribution in [2.75, 3.05) is 13.2 Å². The molecule has 0 saturated carbocycles. The number of fused-ring (bicyclic) bond motifs is 1. The van der Waals surface area contributed by atoms with Crippen LogP contribution in [0.1, 0.15) is 39.9 Å². The lowest BCUT2D eigenvalue weighted by molar-refractivity contribution is -0.344. The number of aliphatic hydroxyl groups is 3. The van der Waals surface area contributed by atoms with Gasteiger partial charge in [0, 0.05) is 11.5 Å². The lowest BCUT2D eigenvalue weighted by atomic mass is 9.77. The van der Waals surface area contributed by atoms with Crippen molar-refractivity contribution in [1.29, 1.82) is 0 Å². The largest absolute Gasteiger partial charge is 0.394 e. The summed E-state index contributed by atoms with van der Waals surface area (Å²) >= 11 is 0. The molecule has 0 aliphatic carbocycles. The summed E-state index contributed by atoms with van der Waals surface area (Å²) in [5.74, 6) is -7.82. The van der Waals surface area contributed by atoms with E-state index >= 15 is 0 Å². The number of hydrogen-bond acceptors (Lipinski definition) is 8. The molecule has 42 heavy (non-hydrogen) atoms. The number of benzene rings is 3. The highest BCUT2D eigenvalue weighted by Crippen LogP contribution is 2.51. The Morgan fingerprint density at radius 3 is 2.50 bits per heavy atom. The summed E-state index contributed by atoms with van der Waals surface area (Å²) in [4.78, 5) is 12.8. The van der Waals surface area contributed by atoms with Crippen LogP contribution in [0, 0.1) is 24.4 Å². The van der Waals surface area contributed by atoms with Gasteiger partial charge < -0.3 is 30.5 Å². The van der Waals surface area contributed by atoms with Crippen molar-refractivity contribution in [3.8, 4) is 11.3 Å². The number of ether oxygens (including phenoxy) is 2. The third-order valence-electron chi connectivity index (χ3n) is 8.20. The van der Waals surface area contributed by atoms with E-state index in [4.69, 9.17) is 15.2 Å². The molecule has 2 fully saturated rings. The second-order valence-corrected chi connectivity index (χ2v) is 10.6. The Morgan fingerprint density at radius 2 is 1.83 bits per heavy atom. The van der Waals surface area contributed by atoms with E-state index in [1.165, 1.54) is 6.20 Å². The Labute approximate surface area is 237 Å². The summed E-state index contributed by atoms with van der Waals surface area (Å²) in [7, 11) is 0. The number of carbonyl (C=O) groups is 1. The van der Waals surface area contributed by atoms with E-state index in [2.05, 4.69) is 10.3 Å². The van der Waals surface area contributed by atoms with Gasteiger partial charge in [-0.3, -0.25) is 4.79 Å². The zero-order valence-corrected chi connectivity index (χ0v) is 22.2. The number of amides is 1. The molecule has 0 radical (unpaired) electrons. The molecule has 10 nitrogen and oxygen atoms in total. The monoisotopic (exact) mass is 584 g/mol. The predicted molar refractivity (Wildman–Crippen MR) is 142 cm³/mol. The van der Waals surface area contributed by atoms with Gasteiger partial charge in [-0.1, -0.05) is 35.5 Å². The molecule has 2 aliphatic heterocycles. The Kier molecular flexibility index (Phi) is 7.02. The minimum absolute atomic E-state index is 0.0710. The zero-order chi connectivity index (χ0) is 29.9. The quantitative estimate of drug-likeness (QED) is 0.261. The Hall–Kier alpha value is -3.88. The number of halogens is 3. The lowest BCUT2D eigenvalue weighted by Gasteiger charge is -2.50. The zero-order valence-electron chi connectivity index (χ0n) is 22.2. The Morgan fingerprint density at radius 1 is 1.14 bits per heavy atom. The van der Waals surface area contributed by atoms with Crippen molar-refractivity contribution in [2.24, 2.45) is 5.73 Å². The normalized spacial score (nSPS) is 27.6. The summed E-state index contributed by atoms with van der Waals surface area (Å²) in [6.07, 6.45) is -2.94. The highest BCUT2D eigenvalue weighted by atomic mass is 19.2. The number of rotatable bonds is 5. The van der Waals surface area contributed by atoms with E-state index in [1.807, 2.05) is 19.1 Å². The average molecular weight is 585 g/mol. The van der Waals surface area contributed by atoms with Crippen LogP contribution in [0.15, 0.2) is 48.7 Å². The van der Waals surface area contributed by atoms with Crippen molar-refractivity contribution in [2.45, 2.75) is 49.4 Å². The molecular weight excluding hydrogens is 557 g/mol. The van der Waals surface area contributed by atoms with Crippen LogP contribution in [0.2, 0.25) is 0 Å². The molecule has 1 spiro atoms. The van der Waals surface area contributed by atoms with Crippen LogP contribution in [0.25, 0.3) is 22.0 Å². The van der Waals surface area contributed by atoms with Gasteiger partial charge in [0.25, 0.3) is 0 Å². The molecule has 6 atom stereocenters. The summed E-state index contributed by atoms with van der Waals surface area (Å²) in [6.45, 7) is 1.31. The molecule has 1 amide bonds. The first-order valence-electron chi connectivity index (χ1n) is 13.2. The minimum Gasteiger partial charge on any atom is -0.394 e. The maximum absolute atomic E-state index is 13.9. The van der Waals surface area contributed by atoms with Crippen LogP contribution >= 0.6 is 0 Å². The van der Waals surface area contributed by atoms with E-state index < -0.39 is 66.0 Å². The van der Waals surface area contributed by atoms with E-state index in [1.54, 1.807) is 18.2 Å². The smallest absolute Gasteiger partial charge is 0.249 e. The number of aliphatic hydroxyl groups excluding tert-OH is 3. The molecule has 5 N–H and O–H groups in total. The van der Waals surface area contributed by atoms with Gasteiger partial charge in [-0.2, -0.15) is 0 Å². The summed E-state index contributed by atoms with van der Waals surface area (Å²) in [5, 5.41) is 42.4. The lowest BCUT2D eigenvalue weighted by Crippen LogP contribution is -2.64. The van der Waals surface area contributed by atoms with Crippen LogP contribution < -0.4 is 5.73 Å². The van der Waals surface area contributed by atoms with E-state index in [9.17, 15) is 33.3 Å². The van der Waals surface area contributed by atoms with Crippen molar-refractivity contribution >= 4 is 16.7 Å². The van der Waals surface area contributed by atoms with Gasteiger partial charge >= 0.3 is 0 Å². The maximum Gasteiger partial charge on any atom is 0.249 e. The highest BCUT2D eigenvalue weighted by Gasteiger charge is 2.62. The molecule has 3 aromatic carbocycles. The second-order valence-electron chi connectivity index (χ2n) is 10.6. The van der Waals surface area contributed by atoms with Crippen molar-refractivity contribution in [1.82, 2.24) is 15.0 Å². The second kappa shape index (κ2) is 10.4. The fourth-order valence-corrected chi connectivity index (χ4v) is 6.28. The van der Waals surface area contributed by atoms with Gasteiger partial charge in [0.1, 0.15) is 30.0 Å². The summed E-state index contributed by atoms with van der Waals surface area (Å²) in [5.41, 5.74) is 7.21. The van der Waals surface area contributed by atoms with E-state index in [-0.39, 0.29) is 23.4 Å². The van der Waals surface area contributed by atoms with E-state index in [0.29, 0.717) is 17.4 Å². The Balaban J connectivity index is 1.46. The predicted octanol–water partition coefficient (Wildman–Crippen LogP) is 2.48. The number of nitrogens with two attached hydrogens (primary N) is 1. The van der Waals surface area contributed by atoms with Gasteiger partial charge in [0.2, 0.25) is 11.7 Å². The third kappa shape index (κ3) is 4.27. The highest BCUT2D eigenvalue weighted by molar-refractivity contribution is 6.08. The van der Waals surface area contributed by atoms with Gasteiger partial charge in [-0.15, -0.1) is 5.10 Å². The number of aromatic nitrogens is 3. The first-order chi connectivity index (χ1) is 20.1. The molecule has 3 heterocycles. The van der Waals surface area contributed by atoms with Crippen molar-refractivity contribution in [3.63, 3.8) is 0 Å². The van der Waals surface area contributed by atoms with E-state index in [0.717, 1.165) is 27.8 Å². The Bertz CT molecular complexity index is 1680. The van der Waals surface area contributed by atoms with Crippen molar-refractivity contribution in [3.05, 3.63) is 82.8 Å². The van der Waals surface area contributed by atoms with Gasteiger partial charge in [0.05, 0.1) is 25.0 Å². The molecular formula is C29H27F3N4O6. The molecule has 0 bridgehead atoms. The molecule has 2 saturated heterocycles. The fraction of sp³-hybridized carbons (Fsp3) is 0.345. The summed E-state index contributed by atoms with van der Waals surface area (Å²) in [6, 6.07) is 9.20. The minimum atomic E-state index is -1.86. The number of carbonyl (C=O) groups excluding carboxylic acids is 1. The summed E-state index contributed by atoms with van der Waals surface area (Å²) < 4.78 is 54.5. The van der Waals surface area contributed by atoms with Crippen LogP contribution in [-0.2, 0) is 9.47 Å². The fourth-order valence-electron chi connectivity index (χ4n) is 6.28. The van der Waals surface area contributed by atoms with Crippen LogP contribution in [0.5, 0.6) is 0 Å². The van der Waals surface area contributed by atoms with Crippen LogP contribution in [0.3, 0.4) is 0 Å². The van der Waals surface area contributed by atoms with Crippen LogP contribution in [-0.4, -0.2) is 73.5 Å². The van der Waals surface area contributed by atoms with Gasteiger partial charge in [-0.25, -0.2) is 17.9 Å². The number of aryl methyl sites for hydroxylation is 1. The number of nitrogens with zero attached hydrogens (tertiary/aromatic N) is 3.